The molecule has 2 nitrogen and oxygen atoms in total. The second-order valence-electron chi connectivity index (χ2n) is 5.91. The standard InChI is InChI=1S/C19H19NOS/c1-20-11-9-18(16-10-12-22-19(16)13-20)21-17-8-4-6-14-5-2-3-7-15(14)17/h2-8,10,12,18H,9,11,13H2,1H3. The van der Waals surface area contributed by atoms with Crippen molar-refractivity contribution in [3.05, 3.63) is 64.4 Å². The Labute approximate surface area is 135 Å². The summed E-state index contributed by atoms with van der Waals surface area (Å²) in [5.74, 6) is 0.991. The number of nitrogens with zero attached hydrogens (tertiary/aromatic N) is 1. The van der Waals surface area contributed by atoms with Gasteiger partial charge in [-0.3, -0.25) is 0 Å². The Morgan fingerprint density at radius 1 is 1.09 bits per heavy atom. The molecule has 4 rings (SSSR count). The van der Waals surface area contributed by atoms with Crippen LogP contribution >= 0.6 is 11.3 Å². The predicted molar refractivity (Wildman–Crippen MR) is 92.6 cm³/mol. The summed E-state index contributed by atoms with van der Waals surface area (Å²) in [4.78, 5) is 3.81. The van der Waals surface area contributed by atoms with Crippen LogP contribution in [0.15, 0.2) is 53.9 Å². The fourth-order valence-corrected chi connectivity index (χ4v) is 4.17. The Hall–Kier alpha value is -1.84. The lowest BCUT2D eigenvalue weighted by atomic mass is 10.1. The van der Waals surface area contributed by atoms with Gasteiger partial charge >= 0.3 is 0 Å². The molecule has 0 saturated carbocycles. The van der Waals surface area contributed by atoms with Gasteiger partial charge in [-0.2, -0.15) is 0 Å². The first-order valence-electron chi connectivity index (χ1n) is 7.70. The molecule has 0 radical (unpaired) electrons. The van der Waals surface area contributed by atoms with Crippen molar-refractivity contribution in [2.24, 2.45) is 0 Å². The molecule has 1 aliphatic rings. The van der Waals surface area contributed by atoms with Crippen molar-refractivity contribution < 1.29 is 4.74 Å². The van der Waals surface area contributed by atoms with Gasteiger partial charge in [-0.1, -0.05) is 36.4 Å². The maximum absolute atomic E-state index is 6.46. The molecule has 112 valence electrons. The van der Waals surface area contributed by atoms with Crippen LogP contribution in [0.25, 0.3) is 10.8 Å². The highest BCUT2D eigenvalue weighted by molar-refractivity contribution is 7.10. The number of benzene rings is 2. The van der Waals surface area contributed by atoms with Crippen LogP contribution < -0.4 is 4.74 Å². The number of ether oxygens (including phenoxy) is 1. The lowest BCUT2D eigenvalue weighted by Crippen LogP contribution is -2.17. The van der Waals surface area contributed by atoms with Crippen molar-refractivity contribution in [2.45, 2.75) is 19.1 Å². The lowest BCUT2D eigenvalue weighted by Gasteiger charge is -2.19. The third-order valence-corrected chi connectivity index (χ3v) is 5.25. The summed E-state index contributed by atoms with van der Waals surface area (Å²) in [6, 6.07) is 17.0. The molecule has 0 N–H and O–H groups in total. The van der Waals surface area contributed by atoms with Crippen LogP contribution in [0, 0.1) is 0 Å². The molecular formula is C19H19NOS. The van der Waals surface area contributed by atoms with Gasteiger partial charge in [-0.25, -0.2) is 0 Å². The van der Waals surface area contributed by atoms with Crippen molar-refractivity contribution in [1.29, 1.82) is 0 Å². The summed E-state index contributed by atoms with van der Waals surface area (Å²) >= 11 is 1.84. The first-order valence-corrected chi connectivity index (χ1v) is 8.58. The number of thiophene rings is 1. The van der Waals surface area contributed by atoms with Gasteiger partial charge in [0.15, 0.2) is 0 Å². The molecule has 0 spiro atoms. The van der Waals surface area contributed by atoms with E-state index in [1.54, 1.807) is 0 Å². The third-order valence-electron chi connectivity index (χ3n) is 4.33. The van der Waals surface area contributed by atoms with Gasteiger partial charge < -0.3 is 9.64 Å². The molecule has 2 aromatic carbocycles. The highest BCUT2D eigenvalue weighted by Crippen LogP contribution is 2.36. The highest BCUT2D eigenvalue weighted by atomic mass is 32.1. The zero-order valence-electron chi connectivity index (χ0n) is 12.7. The fourth-order valence-electron chi connectivity index (χ4n) is 3.16. The van der Waals surface area contributed by atoms with E-state index in [0.717, 1.165) is 25.3 Å². The Bertz CT molecular complexity index is 789. The normalized spacial score (nSPS) is 18.9. The number of hydrogen-bond donors (Lipinski definition) is 0. The van der Waals surface area contributed by atoms with Gasteiger partial charge in [-0.15, -0.1) is 11.3 Å². The summed E-state index contributed by atoms with van der Waals surface area (Å²) in [7, 11) is 2.18. The number of hydrogen-bond acceptors (Lipinski definition) is 3. The minimum Gasteiger partial charge on any atom is -0.485 e. The molecule has 0 bridgehead atoms. The van der Waals surface area contributed by atoms with Crippen LogP contribution in [-0.4, -0.2) is 18.5 Å². The minimum atomic E-state index is 0.150. The second kappa shape index (κ2) is 5.75. The predicted octanol–water partition coefficient (Wildman–Crippen LogP) is 4.86. The first kappa shape index (κ1) is 13.8. The zero-order chi connectivity index (χ0) is 14.9. The summed E-state index contributed by atoms with van der Waals surface area (Å²) in [6.07, 6.45) is 1.18. The third kappa shape index (κ3) is 2.51. The van der Waals surface area contributed by atoms with E-state index in [4.69, 9.17) is 4.74 Å². The summed E-state index contributed by atoms with van der Waals surface area (Å²) in [6.45, 7) is 2.10. The van der Waals surface area contributed by atoms with Crippen LogP contribution in [0.1, 0.15) is 23.0 Å². The second-order valence-corrected chi connectivity index (χ2v) is 6.91. The van der Waals surface area contributed by atoms with Crippen LogP contribution in [0.3, 0.4) is 0 Å². The van der Waals surface area contributed by atoms with Crippen molar-refractivity contribution >= 4 is 22.1 Å². The molecular weight excluding hydrogens is 290 g/mol. The topological polar surface area (TPSA) is 12.5 Å². The van der Waals surface area contributed by atoms with Crippen LogP contribution in [0.5, 0.6) is 5.75 Å². The van der Waals surface area contributed by atoms with Gasteiger partial charge in [0.25, 0.3) is 0 Å². The average molecular weight is 309 g/mol. The quantitative estimate of drug-likeness (QED) is 0.670. The molecule has 1 aromatic heterocycles. The maximum Gasteiger partial charge on any atom is 0.128 e. The van der Waals surface area contributed by atoms with E-state index in [9.17, 15) is 0 Å². The van der Waals surface area contributed by atoms with E-state index in [1.807, 2.05) is 11.3 Å². The largest absolute Gasteiger partial charge is 0.485 e. The molecule has 2 heterocycles. The van der Waals surface area contributed by atoms with Gasteiger partial charge in [-0.05, 0) is 29.9 Å². The Morgan fingerprint density at radius 3 is 2.91 bits per heavy atom. The van der Waals surface area contributed by atoms with Crippen molar-refractivity contribution in [1.82, 2.24) is 4.90 Å². The lowest BCUT2D eigenvalue weighted by molar-refractivity contribution is 0.185. The van der Waals surface area contributed by atoms with Crippen molar-refractivity contribution in [3.8, 4) is 5.75 Å². The van der Waals surface area contributed by atoms with Crippen molar-refractivity contribution in [2.75, 3.05) is 13.6 Å². The van der Waals surface area contributed by atoms with Crippen LogP contribution in [0.2, 0.25) is 0 Å². The molecule has 0 aliphatic carbocycles. The summed E-state index contributed by atoms with van der Waals surface area (Å²) < 4.78 is 6.46. The monoisotopic (exact) mass is 309 g/mol. The smallest absolute Gasteiger partial charge is 0.128 e. The fraction of sp³-hybridized carbons (Fsp3) is 0.263. The summed E-state index contributed by atoms with van der Waals surface area (Å²) in [5.41, 5.74) is 1.36. The average Bonchev–Trinajstić information content (AvgIpc) is 2.94. The first-order chi connectivity index (χ1) is 10.8. The molecule has 1 unspecified atom stereocenters. The van der Waals surface area contributed by atoms with Gasteiger partial charge in [0.1, 0.15) is 11.9 Å². The summed E-state index contributed by atoms with van der Waals surface area (Å²) in [5, 5.41) is 4.61. The zero-order valence-corrected chi connectivity index (χ0v) is 13.5. The molecule has 3 aromatic rings. The maximum atomic E-state index is 6.46. The van der Waals surface area contributed by atoms with Crippen LogP contribution in [-0.2, 0) is 6.54 Å². The van der Waals surface area contributed by atoms with E-state index in [2.05, 4.69) is 65.9 Å². The molecule has 1 atom stereocenters. The Balaban J connectivity index is 1.71. The highest BCUT2D eigenvalue weighted by Gasteiger charge is 2.23. The van der Waals surface area contributed by atoms with Gasteiger partial charge in [0.2, 0.25) is 0 Å². The van der Waals surface area contributed by atoms with Crippen LogP contribution in [0.4, 0.5) is 0 Å². The number of rotatable bonds is 2. The Kier molecular flexibility index (Phi) is 3.60. The van der Waals surface area contributed by atoms with E-state index in [-0.39, 0.29) is 6.10 Å². The Morgan fingerprint density at radius 2 is 1.95 bits per heavy atom. The van der Waals surface area contributed by atoms with E-state index in [0.29, 0.717) is 0 Å². The molecule has 0 saturated heterocycles. The molecule has 3 heteroatoms. The molecule has 0 amide bonds. The molecule has 1 aliphatic heterocycles. The minimum absolute atomic E-state index is 0.150. The SMILES string of the molecule is CN1CCC(Oc2cccc3ccccc23)c2ccsc2C1. The van der Waals surface area contributed by atoms with E-state index >= 15 is 0 Å². The van der Waals surface area contributed by atoms with Gasteiger partial charge in [0.05, 0.1) is 0 Å². The van der Waals surface area contributed by atoms with Crippen molar-refractivity contribution in [3.63, 3.8) is 0 Å². The van der Waals surface area contributed by atoms with Gasteiger partial charge in [0, 0.05) is 35.3 Å². The van der Waals surface area contributed by atoms with E-state index < -0.39 is 0 Å². The molecule has 0 fully saturated rings. The number of fused-ring (bicyclic) bond motifs is 2. The van der Waals surface area contributed by atoms with E-state index in [1.165, 1.54) is 21.2 Å². The molecule has 22 heavy (non-hydrogen) atoms.